The number of carbonyl (C=O) groups is 2. The van der Waals surface area contributed by atoms with Crippen LogP contribution in [0, 0.1) is 6.92 Å². The van der Waals surface area contributed by atoms with E-state index in [1.54, 1.807) is 6.20 Å². The number of nitrogens with one attached hydrogen (secondary N) is 2. The summed E-state index contributed by atoms with van der Waals surface area (Å²) in [7, 11) is 0. The molecule has 0 radical (unpaired) electrons. The standard InChI is InChI=1S/C23H22BrN3O2/c1-13-9-10-25-19(11-13)27-23(29)20-14(2)26-17-7-4-8-18(28)22(17)21(20)15-5-3-6-16(24)12-15/h3,5-6,9-12,21,26H,4,7-8H2,1-2H3,(H,25,27,29)/t21-/m1/s1. The molecule has 0 bridgehead atoms. The Labute approximate surface area is 178 Å². The Hall–Kier alpha value is -2.73. The average molecular weight is 452 g/mol. The molecule has 29 heavy (non-hydrogen) atoms. The minimum Gasteiger partial charge on any atom is -0.362 e. The highest BCUT2D eigenvalue weighted by Crippen LogP contribution is 2.42. The van der Waals surface area contributed by atoms with Crippen LogP contribution in [0.25, 0.3) is 0 Å². The molecular formula is C23H22BrN3O2. The van der Waals surface area contributed by atoms with Gasteiger partial charge in [-0.3, -0.25) is 9.59 Å². The molecule has 1 aliphatic carbocycles. The largest absolute Gasteiger partial charge is 0.362 e. The van der Waals surface area contributed by atoms with Gasteiger partial charge in [-0.05, 0) is 62.1 Å². The van der Waals surface area contributed by atoms with Crippen molar-refractivity contribution in [2.75, 3.05) is 5.32 Å². The summed E-state index contributed by atoms with van der Waals surface area (Å²) in [6.07, 6.45) is 3.83. The van der Waals surface area contributed by atoms with Gasteiger partial charge in [-0.25, -0.2) is 4.98 Å². The van der Waals surface area contributed by atoms with Gasteiger partial charge in [0.2, 0.25) is 0 Å². The zero-order valence-electron chi connectivity index (χ0n) is 16.4. The summed E-state index contributed by atoms with van der Waals surface area (Å²) in [4.78, 5) is 30.5. The van der Waals surface area contributed by atoms with Crippen molar-refractivity contribution in [2.24, 2.45) is 0 Å². The average Bonchev–Trinajstić information content (AvgIpc) is 2.67. The highest BCUT2D eigenvalue weighted by atomic mass is 79.9. The molecule has 2 aliphatic rings. The summed E-state index contributed by atoms with van der Waals surface area (Å²) in [5, 5.41) is 6.25. The molecule has 1 aromatic carbocycles. The van der Waals surface area contributed by atoms with E-state index in [9.17, 15) is 9.59 Å². The molecule has 2 heterocycles. The summed E-state index contributed by atoms with van der Waals surface area (Å²) >= 11 is 3.52. The number of Topliss-reactive ketones (excluding diaryl/α,β-unsaturated/α-hetero) is 1. The van der Waals surface area contributed by atoms with Gasteiger partial charge in [-0.2, -0.15) is 0 Å². The highest BCUT2D eigenvalue weighted by Gasteiger charge is 2.38. The van der Waals surface area contributed by atoms with E-state index in [-0.39, 0.29) is 11.7 Å². The topological polar surface area (TPSA) is 71.1 Å². The third-order valence-corrected chi connectivity index (χ3v) is 5.85. The molecule has 0 unspecified atom stereocenters. The third kappa shape index (κ3) is 3.90. The second kappa shape index (κ2) is 7.95. The number of allylic oxidation sites excluding steroid dienone is 3. The SMILES string of the molecule is CC1=C(C(=O)Nc2cc(C)ccn2)[C@@H](c2cccc(Br)c2)C2=C(CCCC2=O)N1. The first-order valence-corrected chi connectivity index (χ1v) is 10.5. The van der Waals surface area contributed by atoms with Gasteiger partial charge in [-0.1, -0.05) is 28.1 Å². The number of pyridine rings is 1. The van der Waals surface area contributed by atoms with Crippen LogP contribution in [-0.4, -0.2) is 16.7 Å². The minimum atomic E-state index is -0.402. The fourth-order valence-corrected chi connectivity index (χ4v) is 4.51. The van der Waals surface area contributed by atoms with Crippen LogP contribution in [0.3, 0.4) is 0 Å². The van der Waals surface area contributed by atoms with Crippen molar-refractivity contribution in [3.05, 3.63) is 80.7 Å². The number of carbonyl (C=O) groups excluding carboxylic acids is 2. The quantitative estimate of drug-likeness (QED) is 0.705. The smallest absolute Gasteiger partial charge is 0.255 e. The number of amides is 1. The number of dihydropyridines is 1. The number of hydrogen-bond donors (Lipinski definition) is 2. The van der Waals surface area contributed by atoms with Crippen molar-refractivity contribution < 1.29 is 9.59 Å². The Morgan fingerprint density at radius 2 is 2.03 bits per heavy atom. The second-order valence-corrected chi connectivity index (χ2v) is 8.41. The Morgan fingerprint density at radius 3 is 2.79 bits per heavy atom. The second-order valence-electron chi connectivity index (χ2n) is 7.49. The van der Waals surface area contributed by atoms with Crippen molar-refractivity contribution in [3.8, 4) is 0 Å². The fraction of sp³-hybridized carbons (Fsp3) is 0.261. The monoisotopic (exact) mass is 451 g/mol. The molecule has 1 atom stereocenters. The van der Waals surface area contributed by atoms with E-state index in [2.05, 4.69) is 31.5 Å². The molecule has 6 heteroatoms. The van der Waals surface area contributed by atoms with Gasteiger partial charge in [-0.15, -0.1) is 0 Å². The van der Waals surface area contributed by atoms with Gasteiger partial charge in [0.05, 0.1) is 0 Å². The summed E-state index contributed by atoms with van der Waals surface area (Å²) in [5.74, 6) is -0.0439. The van der Waals surface area contributed by atoms with E-state index in [1.807, 2.05) is 50.2 Å². The predicted molar refractivity (Wildman–Crippen MR) is 116 cm³/mol. The maximum Gasteiger partial charge on any atom is 0.255 e. The van der Waals surface area contributed by atoms with Crippen molar-refractivity contribution in [2.45, 2.75) is 39.0 Å². The Morgan fingerprint density at radius 1 is 1.21 bits per heavy atom. The fourth-order valence-electron chi connectivity index (χ4n) is 4.09. The van der Waals surface area contributed by atoms with Gasteiger partial charge in [0.15, 0.2) is 5.78 Å². The zero-order valence-corrected chi connectivity index (χ0v) is 18.0. The van der Waals surface area contributed by atoms with Gasteiger partial charge >= 0.3 is 0 Å². The number of anilines is 1. The van der Waals surface area contributed by atoms with Gasteiger partial charge in [0.1, 0.15) is 5.82 Å². The van der Waals surface area contributed by atoms with Crippen molar-refractivity contribution in [1.29, 1.82) is 0 Å². The lowest BCUT2D eigenvalue weighted by atomic mass is 9.75. The van der Waals surface area contributed by atoms with Crippen molar-refractivity contribution in [1.82, 2.24) is 10.3 Å². The Bertz CT molecular complexity index is 1070. The van der Waals surface area contributed by atoms with Crippen LogP contribution in [0.15, 0.2) is 69.6 Å². The molecular weight excluding hydrogens is 430 g/mol. The number of benzene rings is 1. The van der Waals surface area contributed by atoms with E-state index >= 15 is 0 Å². The first-order valence-electron chi connectivity index (χ1n) is 9.67. The molecule has 1 aromatic heterocycles. The van der Waals surface area contributed by atoms with Crippen LogP contribution in [0.1, 0.15) is 43.2 Å². The molecule has 5 nitrogen and oxygen atoms in total. The lowest BCUT2D eigenvalue weighted by Gasteiger charge is -2.34. The molecule has 1 aliphatic heterocycles. The molecule has 1 amide bonds. The Balaban J connectivity index is 1.79. The maximum atomic E-state index is 13.3. The molecule has 0 spiro atoms. The van der Waals surface area contributed by atoms with E-state index in [4.69, 9.17) is 0 Å². The lowest BCUT2D eigenvalue weighted by molar-refractivity contribution is -0.116. The first kappa shape index (κ1) is 19.6. The van der Waals surface area contributed by atoms with Crippen LogP contribution in [0.5, 0.6) is 0 Å². The summed E-state index contributed by atoms with van der Waals surface area (Å²) in [5.41, 5.74) is 4.91. The number of halogens is 1. The minimum absolute atomic E-state index is 0.107. The van der Waals surface area contributed by atoms with Crippen LogP contribution >= 0.6 is 15.9 Å². The number of nitrogens with zero attached hydrogens (tertiary/aromatic N) is 1. The molecule has 2 N–H and O–H groups in total. The van der Waals surface area contributed by atoms with Crippen LogP contribution < -0.4 is 10.6 Å². The summed E-state index contributed by atoms with van der Waals surface area (Å²) in [6, 6.07) is 11.5. The van der Waals surface area contributed by atoms with E-state index < -0.39 is 5.92 Å². The molecule has 148 valence electrons. The number of hydrogen-bond acceptors (Lipinski definition) is 4. The number of rotatable bonds is 3. The Kier molecular flexibility index (Phi) is 5.37. The zero-order chi connectivity index (χ0) is 20.5. The molecule has 0 fully saturated rings. The van der Waals surface area contributed by atoms with E-state index in [0.29, 0.717) is 23.4 Å². The number of aromatic nitrogens is 1. The summed E-state index contributed by atoms with van der Waals surface area (Å²) < 4.78 is 0.914. The van der Waals surface area contributed by atoms with Crippen molar-refractivity contribution >= 4 is 33.4 Å². The normalized spacial score (nSPS) is 19.0. The van der Waals surface area contributed by atoms with Crippen LogP contribution in [0.2, 0.25) is 0 Å². The molecule has 0 saturated carbocycles. The van der Waals surface area contributed by atoms with Crippen LogP contribution in [-0.2, 0) is 9.59 Å². The van der Waals surface area contributed by atoms with Gasteiger partial charge < -0.3 is 10.6 Å². The van der Waals surface area contributed by atoms with Gasteiger partial charge in [0, 0.05) is 45.5 Å². The molecule has 0 saturated heterocycles. The number of aryl methyl sites for hydroxylation is 1. The van der Waals surface area contributed by atoms with Crippen molar-refractivity contribution in [3.63, 3.8) is 0 Å². The lowest BCUT2D eigenvalue weighted by Crippen LogP contribution is -2.35. The third-order valence-electron chi connectivity index (χ3n) is 5.36. The van der Waals surface area contributed by atoms with Crippen LogP contribution in [0.4, 0.5) is 5.82 Å². The molecule has 2 aromatic rings. The number of ketones is 1. The predicted octanol–water partition coefficient (Wildman–Crippen LogP) is 4.76. The van der Waals surface area contributed by atoms with E-state index in [1.165, 1.54) is 0 Å². The van der Waals surface area contributed by atoms with Gasteiger partial charge in [0.25, 0.3) is 5.91 Å². The highest BCUT2D eigenvalue weighted by molar-refractivity contribution is 9.10. The summed E-state index contributed by atoms with van der Waals surface area (Å²) in [6.45, 7) is 3.85. The first-order chi connectivity index (χ1) is 13.9. The maximum absolute atomic E-state index is 13.3. The molecule has 4 rings (SSSR count). The van der Waals surface area contributed by atoms with E-state index in [0.717, 1.165) is 39.8 Å².